The van der Waals surface area contributed by atoms with Crippen LogP contribution in [0.5, 0.6) is 0 Å². The van der Waals surface area contributed by atoms with Crippen LogP contribution in [0.1, 0.15) is 22.3 Å². The average molecular weight is 372 g/mol. The van der Waals surface area contributed by atoms with Gasteiger partial charge in [-0.15, -0.1) is 0 Å². The fourth-order valence-corrected chi connectivity index (χ4v) is 3.48. The zero-order valence-electron chi connectivity index (χ0n) is 15.3. The molecule has 0 aliphatic carbocycles. The first-order valence-corrected chi connectivity index (χ1v) is 9.29. The number of imide groups is 1. The Hall–Kier alpha value is -3.47. The number of rotatable bonds is 6. The molecule has 4 rings (SSSR count). The summed E-state index contributed by atoms with van der Waals surface area (Å²) in [6.45, 7) is -0.245. The second kappa shape index (κ2) is 7.64. The van der Waals surface area contributed by atoms with Crippen molar-refractivity contribution in [2.24, 2.45) is 0 Å². The van der Waals surface area contributed by atoms with Gasteiger partial charge in [-0.05, 0) is 35.2 Å². The molecule has 28 heavy (non-hydrogen) atoms. The van der Waals surface area contributed by atoms with Crippen LogP contribution in [-0.4, -0.2) is 35.2 Å². The molecule has 1 saturated heterocycles. The molecule has 140 valence electrons. The van der Waals surface area contributed by atoms with Gasteiger partial charge in [-0.2, -0.15) is 0 Å². The molecule has 1 atom stereocenters. The summed E-state index contributed by atoms with van der Waals surface area (Å²) in [5.41, 5.74) is 1.60. The third-order valence-electron chi connectivity index (χ3n) is 5.04. The van der Waals surface area contributed by atoms with Crippen LogP contribution in [0.3, 0.4) is 0 Å². The van der Waals surface area contributed by atoms with Crippen molar-refractivity contribution >= 4 is 28.5 Å². The molecule has 5 heteroatoms. The van der Waals surface area contributed by atoms with Gasteiger partial charge in [0.25, 0.3) is 5.91 Å². The van der Waals surface area contributed by atoms with Gasteiger partial charge in [0.15, 0.2) is 5.78 Å². The number of benzene rings is 3. The smallest absolute Gasteiger partial charge is 0.325 e. The Morgan fingerprint density at radius 1 is 0.893 bits per heavy atom. The van der Waals surface area contributed by atoms with Crippen LogP contribution in [-0.2, 0) is 11.2 Å². The highest BCUT2D eigenvalue weighted by atomic mass is 16.2. The van der Waals surface area contributed by atoms with Gasteiger partial charge in [0.05, 0.1) is 6.54 Å². The van der Waals surface area contributed by atoms with Crippen molar-refractivity contribution in [2.75, 3.05) is 6.54 Å². The number of nitrogens with zero attached hydrogens (tertiary/aromatic N) is 1. The highest BCUT2D eigenvalue weighted by Gasteiger charge is 2.38. The summed E-state index contributed by atoms with van der Waals surface area (Å²) in [6, 6.07) is 21.9. The van der Waals surface area contributed by atoms with Crippen LogP contribution in [0.15, 0.2) is 72.8 Å². The first kappa shape index (κ1) is 17.9. The quantitative estimate of drug-likeness (QED) is 0.531. The predicted molar refractivity (Wildman–Crippen MR) is 107 cm³/mol. The molecule has 0 saturated carbocycles. The van der Waals surface area contributed by atoms with Crippen molar-refractivity contribution in [2.45, 2.75) is 18.9 Å². The van der Waals surface area contributed by atoms with Crippen molar-refractivity contribution in [3.8, 4) is 0 Å². The third kappa shape index (κ3) is 3.64. The van der Waals surface area contributed by atoms with Gasteiger partial charge in [0.1, 0.15) is 6.04 Å². The SMILES string of the molecule is O=C(CN1C(=O)N[C@H](CCc2ccccc2)C1=O)c1ccc2ccccc2c1. The molecule has 1 aliphatic rings. The second-order valence-corrected chi connectivity index (χ2v) is 6.94. The van der Waals surface area contributed by atoms with Crippen molar-refractivity contribution in [1.82, 2.24) is 10.2 Å². The topological polar surface area (TPSA) is 66.5 Å². The Balaban J connectivity index is 1.42. The summed E-state index contributed by atoms with van der Waals surface area (Å²) in [7, 11) is 0. The minimum Gasteiger partial charge on any atom is -0.326 e. The zero-order chi connectivity index (χ0) is 19.5. The Labute approximate surface area is 163 Å². The van der Waals surface area contributed by atoms with Gasteiger partial charge in [0.2, 0.25) is 0 Å². The summed E-state index contributed by atoms with van der Waals surface area (Å²) < 4.78 is 0. The van der Waals surface area contributed by atoms with Crippen LogP contribution in [0, 0.1) is 0 Å². The number of Topliss-reactive ketones (excluding diaryl/α,β-unsaturated/α-hetero) is 1. The fraction of sp³-hybridized carbons (Fsp3) is 0.174. The van der Waals surface area contributed by atoms with E-state index in [1.54, 1.807) is 12.1 Å². The lowest BCUT2D eigenvalue weighted by atomic mass is 10.0. The molecule has 1 N–H and O–H groups in total. The second-order valence-electron chi connectivity index (χ2n) is 6.94. The van der Waals surface area contributed by atoms with Crippen LogP contribution >= 0.6 is 0 Å². The monoisotopic (exact) mass is 372 g/mol. The minimum atomic E-state index is -0.586. The number of hydrogen-bond donors (Lipinski definition) is 1. The maximum absolute atomic E-state index is 12.6. The van der Waals surface area contributed by atoms with Crippen molar-refractivity contribution in [3.63, 3.8) is 0 Å². The molecule has 0 radical (unpaired) electrons. The molecule has 0 unspecified atom stereocenters. The molecular formula is C23H20N2O3. The number of urea groups is 1. The van der Waals surface area contributed by atoms with Crippen LogP contribution in [0.2, 0.25) is 0 Å². The molecule has 0 aromatic heterocycles. The molecule has 1 aliphatic heterocycles. The van der Waals surface area contributed by atoms with E-state index in [-0.39, 0.29) is 18.2 Å². The lowest BCUT2D eigenvalue weighted by Gasteiger charge is -2.12. The summed E-state index contributed by atoms with van der Waals surface area (Å²) in [4.78, 5) is 38.5. The van der Waals surface area contributed by atoms with E-state index in [4.69, 9.17) is 0 Å². The predicted octanol–water partition coefficient (Wildman–Crippen LogP) is 3.58. The number of aryl methyl sites for hydroxylation is 1. The molecule has 1 fully saturated rings. The van der Waals surface area contributed by atoms with Gasteiger partial charge in [-0.3, -0.25) is 14.5 Å². The first-order chi connectivity index (χ1) is 13.6. The molecule has 1 heterocycles. The maximum Gasteiger partial charge on any atom is 0.325 e. The van der Waals surface area contributed by atoms with Crippen LogP contribution in [0.4, 0.5) is 4.79 Å². The Bertz CT molecular complexity index is 1050. The molecule has 0 bridgehead atoms. The lowest BCUT2D eigenvalue weighted by molar-refractivity contribution is -0.127. The summed E-state index contributed by atoms with van der Waals surface area (Å²) in [6.07, 6.45) is 1.19. The Kier molecular flexibility index (Phi) is 4.89. The summed E-state index contributed by atoms with van der Waals surface area (Å²) >= 11 is 0. The highest BCUT2D eigenvalue weighted by Crippen LogP contribution is 2.18. The number of ketones is 1. The van der Waals surface area contributed by atoms with Gasteiger partial charge in [0, 0.05) is 5.56 Å². The number of carbonyl (C=O) groups is 3. The number of hydrogen-bond acceptors (Lipinski definition) is 3. The number of amides is 3. The zero-order valence-corrected chi connectivity index (χ0v) is 15.3. The summed E-state index contributed by atoms with van der Waals surface area (Å²) in [5.74, 6) is -0.590. The summed E-state index contributed by atoms with van der Waals surface area (Å²) in [5, 5.41) is 4.68. The third-order valence-corrected chi connectivity index (χ3v) is 5.04. The number of carbonyl (C=O) groups excluding carboxylic acids is 3. The standard InChI is InChI=1S/C23H20N2O3/c26-21(19-12-11-17-8-4-5-9-18(17)14-19)15-25-22(27)20(24-23(25)28)13-10-16-6-2-1-3-7-16/h1-9,11-12,14,20H,10,13,15H2,(H,24,28)/t20-/m1/s1. The van der Waals surface area contributed by atoms with E-state index in [0.717, 1.165) is 21.2 Å². The van der Waals surface area contributed by atoms with Gasteiger partial charge in [-0.1, -0.05) is 66.7 Å². The van der Waals surface area contributed by atoms with Crippen molar-refractivity contribution in [3.05, 3.63) is 83.9 Å². The van der Waals surface area contributed by atoms with Gasteiger partial charge < -0.3 is 5.32 Å². The maximum atomic E-state index is 12.6. The van der Waals surface area contributed by atoms with Crippen molar-refractivity contribution in [1.29, 1.82) is 0 Å². The lowest BCUT2D eigenvalue weighted by Crippen LogP contribution is -2.36. The van der Waals surface area contributed by atoms with Crippen LogP contribution in [0.25, 0.3) is 10.8 Å². The molecule has 3 aromatic carbocycles. The molecule has 0 spiro atoms. The number of nitrogens with one attached hydrogen (secondary N) is 1. The van der Waals surface area contributed by atoms with E-state index in [1.807, 2.05) is 60.7 Å². The highest BCUT2D eigenvalue weighted by molar-refractivity contribution is 6.10. The van der Waals surface area contributed by atoms with Gasteiger partial charge in [-0.25, -0.2) is 4.79 Å². The van der Waals surface area contributed by atoms with Gasteiger partial charge >= 0.3 is 6.03 Å². The van der Waals surface area contributed by atoms with E-state index in [9.17, 15) is 14.4 Å². The fourth-order valence-electron chi connectivity index (χ4n) is 3.48. The minimum absolute atomic E-state index is 0.245. The van der Waals surface area contributed by atoms with E-state index < -0.39 is 12.1 Å². The van der Waals surface area contributed by atoms with E-state index in [2.05, 4.69) is 5.32 Å². The van der Waals surface area contributed by atoms with Crippen LogP contribution < -0.4 is 5.32 Å². The molecular weight excluding hydrogens is 352 g/mol. The van der Waals surface area contributed by atoms with E-state index >= 15 is 0 Å². The Morgan fingerprint density at radius 3 is 2.39 bits per heavy atom. The molecule has 5 nitrogen and oxygen atoms in total. The molecule has 3 amide bonds. The average Bonchev–Trinajstić information content (AvgIpc) is 3.00. The normalized spacial score (nSPS) is 16.4. The van der Waals surface area contributed by atoms with Crippen molar-refractivity contribution < 1.29 is 14.4 Å². The largest absolute Gasteiger partial charge is 0.326 e. The molecule has 3 aromatic rings. The first-order valence-electron chi connectivity index (χ1n) is 9.29. The number of fused-ring (bicyclic) bond motifs is 1. The van der Waals surface area contributed by atoms with E-state index in [1.165, 1.54) is 0 Å². The van der Waals surface area contributed by atoms with E-state index in [0.29, 0.717) is 18.4 Å². The Morgan fingerprint density at radius 2 is 1.61 bits per heavy atom.